The molecule has 0 radical (unpaired) electrons. The number of hydrogen-bond donors (Lipinski definition) is 1. The van der Waals surface area contributed by atoms with Crippen molar-refractivity contribution in [3.8, 4) is 0 Å². The molecular weight excluding hydrogens is 202 g/mol. The van der Waals surface area contributed by atoms with Gasteiger partial charge in [0, 0.05) is 0 Å². The highest BCUT2D eigenvalue weighted by Gasteiger charge is 2.30. The molecule has 1 aliphatic carbocycles. The molecule has 0 spiro atoms. The van der Waals surface area contributed by atoms with Gasteiger partial charge in [0.05, 0.1) is 12.5 Å². The predicted molar refractivity (Wildman–Crippen MR) is 65.0 cm³/mol. The van der Waals surface area contributed by atoms with Crippen LogP contribution in [0.5, 0.6) is 0 Å². The van der Waals surface area contributed by atoms with Gasteiger partial charge in [0.2, 0.25) is 0 Å². The fraction of sp³-hybridized carbons (Fsp3) is 0.923. The van der Waals surface area contributed by atoms with Crippen molar-refractivity contribution in [2.75, 3.05) is 13.2 Å². The molecule has 0 bridgehead atoms. The van der Waals surface area contributed by atoms with Gasteiger partial charge >= 0.3 is 5.97 Å². The van der Waals surface area contributed by atoms with Crippen molar-refractivity contribution in [2.45, 2.75) is 51.9 Å². The highest BCUT2D eigenvalue weighted by molar-refractivity contribution is 5.72. The zero-order valence-corrected chi connectivity index (χ0v) is 10.4. The molecule has 1 aliphatic rings. The minimum atomic E-state index is -0.00810. The minimum absolute atomic E-state index is 0.00810. The van der Waals surface area contributed by atoms with Gasteiger partial charge < -0.3 is 10.5 Å². The number of esters is 1. The Morgan fingerprint density at radius 1 is 1.31 bits per heavy atom. The number of rotatable bonds is 6. The molecule has 0 heterocycles. The van der Waals surface area contributed by atoms with Gasteiger partial charge in [-0.15, -0.1) is 0 Å². The molecule has 0 aromatic rings. The second kappa shape index (κ2) is 7.66. The van der Waals surface area contributed by atoms with E-state index in [4.69, 9.17) is 10.5 Å². The van der Waals surface area contributed by atoms with E-state index in [2.05, 4.69) is 6.92 Å². The Hall–Kier alpha value is -0.570. The van der Waals surface area contributed by atoms with Crippen LogP contribution in [0.25, 0.3) is 0 Å². The molecule has 16 heavy (non-hydrogen) atoms. The van der Waals surface area contributed by atoms with E-state index in [9.17, 15) is 4.79 Å². The summed E-state index contributed by atoms with van der Waals surface area (Å²) in [5.74, 6) is 0.416. The quantitative estimate of drug-likeness (QED) is 0.560. The molecular formula is C13H25NO2. The molecule has 3 nitrogen and oxygen atoms in total. The summed E-state index contributed by atoms with van der Waals surface area (Å²) in [4.78, 5) is 11.9. The lowest BCUT2D eigenvalue weighted by molar-refractivity contribution is -0.151. The summed E-state index contributed by atoms with van der Waals surface area (Å²) >= 11 is 0. The number of nitrogens with two attached hydrogens (primary N) is 1. The molecule has 2 atom stereocenters. The predicted octanol–water partition coefficient (Wildman–Crippen LogP) is 2.48. The van der Waals surface area contributed by atoms with E-state index in [0.29, 0.717) is 19.1 Å². The third-order valence-corrected chi connectivity index (χ3v) is 3.51. The van der Waals surface area contributed by atoms with Crippen molar-refractivity contribution >= 4 is 5.97 Å². The monoisotopic (exact) mass is 227 g/mol. The summed E-state index contributed by atoms with van der Waals surface area (Å²) in [7, 11) is 0. The first kappa shape index (κ1) is 13.5. The van der Waals surface area contributed by atoms with Crippen LogP contribution in [-0.2, 0) is 9.53 Å². The average Bonchev–Trinajstić information content (AvgIpc) is 2.34. The third-order valence-electron chi connectivity index (χ3n) is 3.51. The van der Waals surface area contributed by atoms with Gasteiger partial charge in [-0.1, -0.05) is 32.6 Å². The zero-order chi connectivity index (χ0) is 11.8. The van der Waals surface area contributed by atoms with E-state index >= 15 is 0 Å². The van der Waals surface area contributed by atoms with Crippen LogP contribution in [0.1, 0.15) is 51.9 Å². The molecule has 0 amide bonds. The van der Waals surface area contributed by atoms with Crippen molar-refractivity contribution in [3.05, 3.63) is 0 Å². The topological polar surface area (TPSA) is 52.3 Å². The van der Waals surface area contributed by atoms with Crippen LogP contribution in [0.15, 0.2) is 0 Å². The zero-order valence-electron chi connectivity index (χ0n) is 10.4. The molecule has 1 saturated carbocycles. The van der Waals surface area contributed by atoms with Gasteiger partial charge in [0.1, 0.15) is 0 Å². The summed E-state index contributed by atoms with van der Waals surface area (Å²) < 4.78 is 5.32. The Kier molecular flexibility index (Phi) is 6.46. The molecule has 0 aromatic heterocycles. The second-order valence-corrected chi connectivity index (χ2v) is 4.76. The lowest BCUT2D eigenvalue weighted by atomic mass is 9.79. The Labute approximate surface area is 98.7 Å². The fourth-order valence-electron chi connectivity index (χ4n) is 2.43. The first-order valence-electron chi connectivity index (χ1n) is 6.66. The minimum Gasteiger partial charge on any atom is -0.465 e. The fourth-order valence-corrected chi connectivity index (χ4v) is 2.43. The van der Waals surface area contributed by atoms with Crippen LogP contribution in [0.2, 0.25) is 0 Å². The summed E-state index contributed by atoms with van der Waals surface area (Å²) in [6, 6.07) is 0. The van der Waals surface area contributed by atoms with Crippen molar-refractivity contribution in [3.63, 3.8) is 0 Å². The van der Waals surface area contributed by atoms with E-state index in [1.807, 2.05) is 0 Å². The van der Waals surface area contributed by atoms with Gasteiger partial charge in [-0.25, -0.2) is 0 Å². The van der Waals surface area contributed by atoms with Crippen molar-refractivity contribution < 1.29 is 9.53 Å². The van der Waals surface area contributed by atoms with Crippen LogP contribution >= 0.6 is 0 Å². The van der Waals surface area contributed by atoms with Crippen LogP contribution in [0, 0.1) is 11.8 Å². The number of unbranched alkanes of at least 4 members (excludes halogenated alkanes) is 2. The molecule has 0 saturated heterocycles. The second-order valence-electron chi connectivity index (χ2n) is 4.76. The van der Waals surface area contributed by atoms with E-state index < -0.39 is 0 Å². The van der Waals surface area contributed by atoms with Gasteiger partial charge in [0.15, 0.2) is 0 Å². The van der Waals surface area contributed by atoms with Gasteiger partial charge in [-0.3, -0.25) is 4.79 Å². The van der Waals surface area contributed by atoms with E-state index in [0.717, 1.165) is 38.5 Å². The average molecular weight is 227 g/mol. The van der Waals surface area contributed by atoms with Gasteiger partial charge in [0.25, 0.3) is 0 Å². The van der Waals surface area contributed by atoms with Crippen molar-refractivity contribution in [1.82, 2.24) is 0 Å². The number of carbonyl (C=O) groups is 1. The summed E-state index contributed by atoms with van der Waals surface area (Å²) in [5.41, 5.74) is 5.70. The van der Waals surface area contributed by atoms with Gasteiger partial charge in [-0.2, -0.15) is 0 Å². The van der Waals surface area contributed by atoms with Crippen molar-refractivity contribution in [1.29, 1.82) is 0 Å². The summed E-state index contributed by atoms with van der Waals surface area (Å²) in [6.07, 6.45) is 7.69. The first-order valence-corrected chi connectivity index (χ1v) is 6.66. The Morgan fingerprint density at radius 2 is 2.06 bits per heavy atom. The molecule has 3 heteroatoms. The highest BCUT2D eigenvalue weighted by atomic mass is 16.5. The van der Waals surface area contributed by atoms with Crippen LogP contribution in [0.4, 0.5) is 0 Å². The lowest BCUT2D eigenvalue weighted by Gasteiger charge is -2.28. The van der Waals surface area contributed by atoms with Crippen molar-refractivity contribution in [2.24, 2.45) is 17.6 Å². The van der Waals surface area contributed by atoms with E-state index in [1.165, 1.54) is 6.42 Å². The van der Waals surface area contributed by atoms with Crippen LogP contribution < -0.4 is 5.73 Å². The molecule has 94 valence electrons. The standard InChI is InChI=1S/C13H25NO2/c1-2-3-6-9-16-13(15)12-8-5-4-7-11(12)10-14/h11-12H,2-10,14H2,1H3. The molecule has 0 aromatic carbocycles. The first-order chi connectivity index (χ1) is 7.79. The lowest BCUT2D eigenvalue weighted by Crippen LogP contribution is -2.33. The maximum atomic E-state index is 11.9. The third kappa shape index (κ3) is 4.12. The normalized spacial score (nSPS) is 25.4. The summed E-state index contributed by atoms with van der Waals surface area (Å²) in [6.45, 7) is 3.35. The van der Waals surface area contributed by atoms with E-state index in [1.54, 1.807) is 0 Å². The van der Waals surface area contributed by atoms with Crippen LogP contribution in [-0.4, -0.2) is 19.1 Å². The maximum Gasteiger partial charge on any atom is 0.309 e. The van der Waals surface area contributed by atoms with E-state index in [-0.39, 0.29) is 11.9 Å². The number of ether oxygens (including phenoxy) is 1. The molecule has 0 aliphatic heterocycles. The van der Waals surface area contributed by atoms with Gasteiger partial charge in [-0.05, 0) is 31.7 Å². The molecule has 2 unspecified atom stereocenters. The summed E-state index contributed by atoms with van der Waals surface area (Å²) in [5, 5.41) is 0. The molecule has 1 rings (SSSR count). The Bertz CT molecular complexity index is 206. The molecule has 2 N–H and O–H groups in total. The highest BCUT2D eigenvalue weighted by Crippen LogP contribution is 2.30. The Morgan fingerprint density at radius 3 is 2.75 bits per heavy atom. The van der Waals surface area contributed by atoms with Crippen LogP contribution in [0.3, 0.4) is 0 Å². The maximum absolute atomic E-state index is 11.9. The number of hydrogen-bond acceptors (Lipinski definition) is 3. The smallest absolute Gasteiger partial charge is 0.309 e. The molecule has 1 fully saturated rings. The largest absolute Gasteiger partial charge is 0.465 e. The number of carbonyl (C=O) groups excluding carboxylic acids is 1. The SMILES string of the molecule is CCCCCOC(=O)C1CCCCC1CN. The Balaban J connectivity index is 2.27.